The SMILES string of the molecule is CCCCCCCCCOc1ccc(-c2ccc([C@H]3CC[C@H](OC(=O)[C@@H](F)CCCC)CC3)cc2)cc1Br. The van der Waals surface area contributed by atoms with Gasteiger partial charge in [-0.25, -0.2) is 9.18 Å². The van der Waals surface area contributed by atoms with Gasteiger partial charge in [0.25, 0.3) is 0 Å². The highest BCUT2D eigenvalue weighted by Crippen LogP contribution is 2.36. The van der Waals surface area contributed by atoms with Crippen LogP contribution >= 0.6 is 15.9 Å². The van der Waals surface area contributed by atoms with E-state index in [0.29, 0.717) is 12.3 Å². The summed E-state index contributed by atoms with van der Waals surface area (Å²) < 4.78 is 26.4. The summed E-state index contributed by atoms with van der Waals surface area (Å²) in [6.45, 7) is 5.01. The molecule has 0 spiro atoms. The summed E-state index contributed by atoms with van der Waals surface area (Å²) in [4.78, 5) is 12.0. The van der Waals surface area contributed by atoms with Crippen molar-refractivity contribution in [3.05, 3.63) is 52.5 Å². The average molecular weight is 590 g/mol. The molecule has 5 heteroatoms. The van der Waals surface area contributed by atoms with E-state index in [9.17, 15) is 9.18 Å². The van der Waals surface area contributed by atoms with Crippen LogP contribution in [0.15, 0.2) is 46.9 Å². The molecule has 0 N–H and O–H groups in total. The van der Waals surface area contributed by atoms with Crippen LogP contribution in [-0.4, -0.2) is 24.9 Å². The van der Waals surface area contributed by atoms with E-state index in [0.717, 1.165) is 60.9 Å². The molecule has 1 aliphatic rings. The van der Waals surface area contributed by atoms with Crippen LogP contribution in [0.25, 0.3) is 11.1 Å². The van der Waals surface area contributed by atoms with Crippen molar-refractivity contribution in [1.29, 1.82) is 0 Å². The maximum atomic E-state index is 13.9. The standard InChI is InChI=1S/C33H46BrFO3/c1-3-5-7-8-9-10-11-23-37-32-22-19-28(24-30(32)34)27-15-13-25(14-16-27)26-17-20-29(21-18-26)38-33(36)31(35)12-6-4-2/h13-16,19,22,24,26,29,31H,3-12,17-18,20-21,23H2,1-2H3/t26-,29-,31-/m0/s1. The summed E-state index contributed by atoms with van der Waals surface area (Å²) in [5.74, 6) is 0.680. The molecule has 3 rings (SSSR count). The third-order valence-electron chi connectivity index (χ3n) is 7.68. The molecular formula is C33H46BrFO3. The Morgan fingerprint density at radius 2 is 1.50 bits per heavy atom. The molecule has 0 amide bonds. The lowest BCUT2D eigenvalue weighted by Crippen LogP contribution is -2.28. The Balaban J connectivity index is 1.43. The van der Waals surface area contributed by atoms with Crippen molar-refractivity contribution in [2.75, 3.05) is 6.61 Å². The van der Waals surface area contributed by atoms with Gasteiger partial charge in [-0.2, -0.15) is 0 Å². The van der Waals surface area contributed by atoms with Gasteiger partial charge in [-0.1, -0.05) is 95.5 Å². The zero-order chi connectivity index (χ0) is 27.2. The minimum atomic E-state index is -1.48. The molecule has 1 aliphatic carbocycles. The minimum absolute atomic E-state index is 0.151. The maximum Gasteiger partial charge on any atom is 0.340 e. The van der Waals surface area contributed by atoms with Crippen LogP contribution in [0.1, 0.15) is 115 Å². The first-order valence-electron chi connectivity index (χ1n) is 14.9. The topological polar surface area (TPSA) is 35.5 Å². The Kier molecular flexibility index (Phi) is 13.7. The normalized spacial score (nSPS) is 18.2. The zero-order valence-electron chi connectivity index (χ0n) is 23.4. The number of hydrogen-bond donors (Lipinski definition) is 0. The van der Waals surface area contributed by atoms with Crippen LogP contribution in [0.5, 0.6) is 5.75 Å². The second kappa shape index (κ2) is 16.9. The molecule has 2 aromatic rings. The number of unbranched alkanes of at least 4 members (excludes halogenated alkanes) is 7. The van der Waals surface area contributed by atoms with E-state index >= 15 is 0 Å². The Morgan fingerprint density at radius 1 is 0.868 bits per heavy atom. The summed E-state index contributed by atoms with van der Waals surface area (Å²) in [7, 11) is 0. The van der Waals surface area contributed by atoms with Crippen molar-refractivity contribution in [3.8, 4) is 16.9 Å². The van der Waals surface area contributed by atoms with Crippen molar-refractivity contribution in [3.63, 3.8) is 0 Å². The van der Waals surface area contributed by atoms with Gasteiger partial charge in [0.1, 0.15) is 11.9 Å². The van der Waals surface area contributed by atoms with E-state index < -0.39 is 12.1 Å². The van der Waals surface area contributed by atoms with E-state index in [1.165, 1.54) is 49.7 Å². The molecule has 0 bridgehead atoms. The number of ether oxygens (including phenoxy) is 2. The largest absolute Gasteiger partial charge is 0.492 e. The predicted octanol–water partition coefficient (Wildman–Crippen LogP) is 10.3. The Hall–Kier alpha value is -1.88. The van der Waals surface area contributed by atoms with Crippen LogP contribution in [-0.2, 0) is 9.53 Å². The summed E-state index contributed by atoms with van der Waals surface area (Å²) in [5.41, 5.74) is 3.65. The minimum Gasteiger partial charge on any atom is -0.492 e. The lowest BCUT2D eigenvalue weighted by atomic mass is 9.82. The van der Waals surface area contributed by atoms with Gasteiger partial charge in [0, 0.05) is 0 Å². The molecule has 1 atom stereocenters. The molecule has 0 saturated heterocycles. The first kappa shape index (κ1) is 30.7. The lowest BCUT2D eigenvalue weighted by molar-refractivity contribution is -0.157. The first-order chi connectivity index (χ1) is 18.5. The van der Waals surface area contributed by atoms with Gasteiger partial charge in [0.15, 0.2) is 6.17 Å². The van der Waals surface area contributed by atoms with Crippen LogP contribution < -0.4 is 4.74 Å². The Labute approximate surface area is 238 Å². The fourth-order valence-corrected chi connectivity index (χ4v) is 5.73. The van der Waals surface area contributed by atoms with Crippen LogP contribution in [0.3, 0.4) is 0 Å². The molecule has 0 radical (unpaired) electrons. The van der Waals surface area contributed by atoms with E-state index in [1.807, 2.05) is 6.92 Å². The van der Waals surface area contributed by atoms with Gasteiger partial charge < -0.3 is 9.47 Å². The van der Waals surface area contributed by atoms with Crippen molar-refractivity contribution in [1.82, 2.24) is 0 Å². The third-order valence-corrected chi connectivity index (χ3v) is 8.30. The number of halogens is 2. The Morgan fingerprint density at radius 3 is 2.16 bits per heavy atom. The molecular weight excluding hydrogens is 543 g/mol. The zero-order valence-corrected chi connectivity index (χ0v) is 24.9. The number of carbonyl (C=O) groups is 1. The van der Waals surface area contributed by atoms with E-state index in [2.05, 4.69) is 65.3 Å². The molecule has 3 nitrogen and oxygen atoms in total. The average Bonchev–Trinajstić information content (AvgIpc) is 2.94. The van der Waals surface area contributed by atoms with Crippen LogP contribution in [0.2, 0.25) is 0 Å². The summed E-state index contributed by atoms with van der Waals surface area (Å²) in [5, 5.41) is 0. The van der Waals surface area contributed by atoms with E-state index in [-0.39, 0.29) is 12.5 Å². The summed E-state index contributed by atoms with van der Waals surface area (Å²) in [6, 6.07) is 15.1. The monoisotopic (exact) mass is 588 g/mol. The van der Waals surface area contributed by atoms with Gasteiger partial charge in [-0.3, -0.25) is 0 Å². The van der Waals surface area contributed by atoms with Gasteiger partial charge in [-0.05, 0) is 89.2 Å². The second-order valence-corrected chi connectivity index (χ2v) is 11.6. The number of alkyl halides is 1. The van der Waals surface area contributed by atoms with Gasteiger partial charge in [-0.15, -0.1) is 0 Å². The molecule has 0 aromatic heterocycles. The lowest BCUT2D eigenvalue weighted by Gasteiger charge is -2.29. The third kappa shape index (κ3) is 10.0. The van der Waals surface area contributed by atoms with E-state index in [4.69, 9.17) is 9.47 Å². The second-order valence-electron chi connectivity index (χ2n) is 10.8. The molecule has 0 aliphatic heterocycles. The van der Waals surface area contributed by atoms with Gasteiger partial charge in [0.2, 0.25) is 0 Å². The molecule has 1 fully saturated rings. The van der Waals surface area contributed by atoms with E-state index in [1.54, 1.807) is 0 Å². The number of benzene rings is 2. The van der Waals surface area contributed by atoms with Gasteiger partial charge in [0.05, 0.1) is 11.1 Å². The fourth-order valence-electron chi connectivity index (χ4n) is 5.24. The Bertz CT molecular complexity index is 953. The molecule has 38 heavy (non-hydrogen) atoms. The first-order valence-corrected chi connectivity index (χ1v) is 15.7. The molecule has 0 unspecified atom stereocenters. The highest BCUT2D eigenvalue weighted by molar-refractivity contribution is 9.10. The quantitative estimate of drug-likeness (QED) is 0.144. The predicted molar refractivity (Wildman–Crippen MR) is 159 cm³/mol. The number of rotatable bonds is 16. The maximum absolute atomic E-state index is 13.9. The number of hydrogen-bond acceptors (Lipinski definition) is 3. The van der Waals surface area contributed by atoms with Crippen molar-refractivity contribution in [2.45, 2.75) is 122 Å². The van der Waals surface area contributed by atoms with Gasteiger partial charge >= 0.3 is 5.97 Å². The molecule has 2 aromatic carbocycles. The molecule has 210 valence electrons. The van der Waals surface area contributed by atoms with Crippen LogP contribution in [0.4, 0.5) is 4.39 Å². The molecule has 0 heterocycles. The number of esters is 1. The van der Waals surface area contributed by atoms with Crippen LogP contribution in [0, 0.1) is 0 Å². The number of carbonyl (C=O) groups excluding carboxylic acids is 1. The fraction of sp³-hybridized carbons (Fsp3) is 0.606. The smallest absolute Gasteiger partial charge is 0.340 e. The highest BCUT2D eigenvalue weighted by atomic mass is 79.9. The van der Waals surface area contributed by atoms with Crippen molar-refractivity contribution < 1.29 is 18.7 Å². The van der Waals surface area contributed by atoms with Crippen molar-refractivity contribution >= 4 is 21.9 Å². The summed E-state index contributed by atoms with van der Waals surface area (Å²) in [6.07, 6.45) is 12.7. The highest BCUT2D eigenvalue weighted by Gasteiger charge is 2.27. The van der Waals surface area contributed by atoms with Crippen molar-refractivity contribution in [2.24, 2.45) is 0 Å². The summed E-state index contributed by atoms with van der Waals surface area (Å²) >= 11 is 3.69. The molecule has 1 saturated carbocycles.